The molecule has 0 bridgehead atoms. The molecule has 1 aromatic rings. The number of hydrogen-bond donors (Lipinski definition) is 1. The zero-order valence-corrected chi connectivity index (χ0v) is 9.26. The molecule has 1 fully saturated rings. The first-order valence-corrected chi connectivity index (χ1v) is 5.69. The monoisotopic (exact) mass is 216 g/mol. The Balaban J connectivity index is 2.08. The van der Waals surface area contributed by atoms with Crippen molar-refractivity contribution < 1.29 is 5.11 Å². The van der Waals surface area contributed by atoms with Crippen LogP contribution in [0.1, 0.15) is 18.4 Å². The third-order valence-electron chi connectivity index (χ3n) is 3.14. The molecule has 1 aliphatic rings. The van der Waals surface area contributed by atoms with E-state index in [0.717, 1.165) is 31.6 Å². The van der Waals surface area contributed by atoms with Gasteiger partial charge in [0.25, 0.3) is 0 Å². The van der Waals surface area contributed by atoms with Gasteiger partial charge in [0, 0.05) is 25.4 Å². The van der Waals surface area contributed by atoms with Gasteiger partial charge in [0.05, 0.1) is 11.6 Å². The van der Waals surface area contributed by atoms with E-state index in [1.807, 2.05) is 24.3 Å². The number of nitrogens with zero attached hydrogens (tertiary/aromatic N) is 2. The number of aliphatic hydroxyl groups excluding tert-OH is 1. The minimum Gasteiger partial charge on any atom is -0.396 e. The Morgan fingerprint density at radius 3 is 2.75 bits per heavy atom. The first-order valence-electron chi connectivity index (χ1n) is 5.69. The van der Waals surface area contributed by atoms with Gasteiger partial charge in [-0.1, -0.05) is 0 Å². The summed E-state index contributed by atoms with van der Waals surface area (Å²) >= 11 is 0. The third-order valence-corrected chi connectivity index (χ3v) is 3.14. The maximum absolute atomic E-state index is 9.17. The molecule has 1 aromatic carbocycles. The van der Waals surface area contributed by atoms with Crippen molar-refractivity contribution >= 4 is 5.69 Å². The fourth-order valence-corrected chi connectivity index (χ4v) is 2.20. The van der Waals surface area contributed by atoms with Crippen LogP contribution in [0.25, 0.3) is 0 Å². The molecule has 0 spiro atoms. The lowest BCUT2D eigenvalue weighted by Gasteiger charge is -2.33. The maximum Gasteiger partial charge on any atom is 0.0991 e. The van der Waals surface area contributed by atoms with Crippen LogP contribution in [-0.4, -0.2) is 24.8 Å². The number of piperidine rings is 1. The molecule has 84 valence electrons. The molecule has 3 heteroatoms. The quantitative estimate of drug-likeness (QED) is 0.819. The van der Waals surface area contributed by atoms with Crippen molar-refractivity contribution in [3.05, 3.63) is 29.8 Å². The van der Waals surface area contributed by atoms with E-state index in [1.54, 1.807) is 0 Å². The van der Waals surface area contributed by atoms with Gasteiger partial charge < -0.3 is 10.0 Å². The lowest BCUT2D eigenvalue weighted by Crippen LogP contribution is -2.36. The van der Waals surface area contributed by atoms with Crippen molar-refractivity contribution in [2.75, 3.05) is 24.6 Å². The zero-order chi connectivity index (χ0) is 11.4. The molecule has 0 amide bonds. The SMILES string of the molecule is N#Cc1ccc(N2CCC[C@H](CO)C2)cc1. The van der Waals surface area contributed by atoms with Crippen LogP contribution in [0.15, 0.2) is 24.3 Å². The highest BCUT2D eigenvalue weighted by molar-refractivity contribution is 5.50. The molecule has 0 aliphatic carbocycles. The van der Waals surface area contributed by atoms with E-state index in [-0.39, 0.29) is 6.61 Å². The van der Waals surface area contributed by atoms with Crippen molar-refractivity contribution in [2.24, 2.45) is 5.92 Å². The maximum atomic E-state index is 9.17. The predicted octanol–water partition coefficient (Wildman–Crippen LogP) is 1.77. The summed E-state index contributed by atoms with van der Waals surface area (Å²) in [4.78, 5) is 2.28. The molecule has 0 unspecified atom stereocenters. The highest BCUT2D eigenvalue weighted by atomic mass is 16.3. The number of aliphatic hydroxyl groups is 1. The van der Waals surface area contributed by atoms with Gasteiger partial charge in [-0.05, 0) is 43.0 Å². The van der Waals surface area contributed by atoms with Gasteiger partial charge in [0.1, 0.15) is 0 Å². The van der Waals surface area contributed by atoms with Crippen molar-refractivity contribution in [3.8, 4) is 6.07 Å². The number of rotatable bonds is 2. The van der Waals surface area contributed by atoms with E-state index in [4.69, 9.17) is 10.4 Å². The van der Waals surface area contributed by atoms with Crippen LogP contribution < -0.4 is 4.90 Å². The highest BCUT2D eigenvalue weighted by Crippen LogP contribution is 2.23. The predicted molar refractivity (Wildman–Crippen MR) is 63.2 cm³/mol. The fourth-order valence-electron chi connectivity index (χ4n) is 2.20. The Kier molecular flexibility index (Phi) is 3.43. The van der Waals surface area contributed by atoms with E-state index >= 15 is 0 Å². The van der Waals surface area contributed by atoms with E-state index in [0.29, 0.717) is 11.5 Å². The van der Waals surface area contributed by atoms with Gasteiger partial charge in [-0.15, -0.1) is 0 Å². The van der Waals surface area contributed by atoms with Crippen LogP contribution in [0.5, 0.6) is 0 Å². The second-order valence-electron chi connectivity index (χ2n) is 4.30. The Hall–Kier alpha value is -1.53. The lowest BCUT2D eigenvalue weighted by atomic mass is 9.98. The molecule has 3 nitrogen and oxygen atoms in total. The molecule has 1 saturated heterocycles. The highest BCUT2D eigenvalue weighted by Gasteiger charge is 2.19. The summed E-state index contributed by atoms with van der Waals surface area (Å²) in [5, 5.41) is 17.9. The van der Waals surface area contributed by atoms with Gasteiger partial charge >= 0.3 is 0 Å². The molecule has 1 aliphatic heterocycles. The minimum absolute atomic E-state index is 0.271. The summed E-state index contributed by atoms with van der Waals surface area (Å²) in [5.74, 6) is 0.393. The Bertz CT molecular complexity index is 380. The van der Waals surface area contributed by atoms with Crippen molar-refractivity contribution in [1.82, 2.24) is 0 Å². The van der Waals surface area contributed by atoms with Crippen LogP contribution in [0.4, 0.5) is 5.69 Å². The average molecular weight is 216 g/mol. The minimum atomic E-state index is 0.271. The smallest absolute Gasteiger partial charge is 0.0991 e. The number of anilines is 1. The summed E-state index contributed by atoms with van der Waals surface area (Å²) in [6, 6.07) is 9.78. The van der Waals surface area contributed by atoms with Gasteiger partial charge in [-0.3, -0.25) is 0 Å². The van der Waals surface area contributed by atoms with Crippen molar-refractivity contribution in [1.29, 1.82) is 5.26 Å². The van der Waals surface area contributed by atoms with E-state index in [2.05, 4.69) is 11.0 Å². The van der Waals surface area contributed by atoms with Gasteiger partial charge in [0.2, 0.25) is 0 Å². The van der Waals surface area contributed by atoms with E-state index < -0.39 is 0 Å². The molecule has 2 rings (SSSR count). The molecule has 1 N–H and O–H groups in total. The van der Waals surface area contributed by atoms with E-state index in [9.17, 15) is 0 Å². The topological polar surface area (TPSA) is 47.3 Å². The summed E-state index contributed by atoms with van der Waals surface area (Å²) in [6.07, 6.45) is 2.24. The summed E-state index contributed by atoms with van der Waals surface area (Å²) < 4.78 is 0. The lowest BCUT2D eigenvalue weighted by molar-refractivity contribution is 0.209. The number of hydrogen-bond acceptors (Lipinski definition) is 3. The third kappa shape index (κ3) is 2.34. The summed E-state index contributed by atoms with van der Waals surface area (Å²) in [6.45, 7) is 2.23. The molecule has 1 atom stereocenters. The molecule has 0 aromatic heterocycles. The Labute approximate surface area is 95.9 Å². The van der Waals surface area contributed by atoms with Crippen LogP contribution in [-0.2, 0) is 0 Å². The number of nitriles is 1. The van der Waals surface area contributed by atoms with Gasteiger partial charge in [-0.25, -0.2) is 0 Å². The second-order valence-corrected chi connectivity index (χ2v) is 4.30. The van der Waals surface area contributed by atoms with Crippen molar-refractivity contribution in [2.45, 2.75) is 12.8 Å². The molecule has 0 saturated carbocycles. The van der Waals surface area contributed by atoms with Crippen LogP contribution in [0, 0.1) is 17.2 Å². The van der Waals surface area contributed by atoms with Crippen LogP contribution >= 0.6 is 0 Å². The second kappa shape index (κ2) is 5.00. The van der Waals surface area contributed by atoms with Crippen LogP contribution in [0.3, 0.4) is 0 Å². The van der Waals surface area contributed by atoms with E-state index in [1.165, 1.54) is 0 Å². The standard InChI is InChI=1S/C13H16N2O/c14-8-11-3-5-13(6-4-11)15-7-1-2-12(9-15)10-16/h3-6,12,16H,1-2,7,9-10H2/t12-/m0/s1. The first kappa shape index (κ1) is 11.0. The molecule has 16 heavy (non-hydrogen) atoms. The zero-order valence-electron chi connectivity index (χ0n) is 9.26. The average Bonchev–Trinajstić information content (AvgIpc) is 2.39. The fraction of sp³-hybridized carbons (Fsp3) is 0.462. The number of benzene rings is 1. The molecule has 0 radical (unpaired) electrons. The Morgan fingerprint density at radius 1 is 1.38 bits per heavy atom. The normalized spacial score (nSPS) is 20.5. The van der Waals surface area contributed by atoms with Gasteiger partial charge in [0.15, 0.2) is 0 Å². The molecule has 1 heterocycles. The summed E-state index contributed by atoms with van der Waals surface area (Å²) in [5.41, 5.74) is 1.84. The first-order chi connectivity index (χ1) is 7.83. The van der Waals surface area contributed by atoms with Crippen LogP contribution in [0.2, 0.25) is 0 Å². The molecular weight excluding hydrogens is 200 g/mol. The largest absolute Gasteiger partial charge is 0.396 e. The Morgan fingerprint density at radius 2 is 2.12 bits per heavy atom. The summed E-state index contributed by atoms with van der Waals surface area (Å²) in [7, 11) is 0. The van der Waals surface area contributed by atoms with Gasteiger partial charge in [-0.2, -0.15) is 5.26 Å². The molecular formula is C13H16N2O. The van der Waals surface area contributed by atoms with Crippen molar-refractivity contribution in [3.63, 3.8) is 0 Å².